The van der Waals surface area contributed by atoms with Crippen molar-refractivity contribution >= 4 is 21.9 Å². The molecule has 0 heterocycles. The summed E-state index contributed by atoms with van der Waals surface area (Å²) in [4.78, 5) is 12.1. The van der Waals surface area contributed by atoms with Crippen LogP contribution >= 0.6 is 15.9 Å². The Morgan fingerprint density at radius 2 is 2.05 bits per heavy atom. The van der Waals surface area contributed by atoms with Crippen LogP contribution in [0, 0.1) is 11.8 Å². The first kappa shape index (κ1) is 14.5. The molecule has 3 nitrogen and oxygen atoms in total. The lowest BCUT2D eigenvalue weighted by Crippen LogP contribution is -2.23. The minimum Gasteiger partial charge on any atom is -0.469 e. The van der Waals surface area contributed by atoms with Crippen LogP contribution in [-0.2, 0) is 20.9 Å². The smallest absolute Gasteiger partial charge is 0.309 e. The van der Waals surface area contributed by atoms with E-state index in [-0.39, 0.29) is 17.8 Å². The third kappa shape index (κ3) is 4.05. The van der Waals surface area contributed by atoms with Crippen LogP contribution in [0.2, 0.25) is 0 Å². The maximum Gasteiger partial charge on any atom is 0.309 e. The van der Waals surface area contributed by atoms with Crippen LogP contribution in [0.1, 0.15) is 18.4 Å². The van der Waals surface area contributed by atoms with E-state index in [9.17, 15) is 4.79 Å². The monoisotopic (exact) mass is 326 g/mol. The van der Waals surface area contributed by atoms with Crippen LogP contribution in [0.3, 0.4) is 0 Å². The molecule has 0 unspecified atom stereocenters. The summed E-state index contributed by atoms with van der Waals surface area (Å²) >= 11 is 3.59. The van der Waals surface area contributed by atoms with E-state index in [1.807, 2.05) is 30.3 Å². The Hall–Kier alpha value is -0.870. The molecule has 0 amide bonds. The molecule has 0 bridgehead atoms. The second kappa shape index (κ2) is 7.06. The minimum atomic E-state index is -0.115. The van der Waals surface area contributed by atoms with Crippen LogP contribution < -0.4 is 0 Å². The number of carbonyl (C=O) groups is 1. The molecule has 0 saturated heterocycles. The van der Waals surface area contributed by atoms with Crippen LogP contribution in [0.5, 0.6) is 0 Å². The second-order valence-electron chi connectivity index (χ2n) is 4.96. The molecule has 4 heteroatoms. The highest BCUT2D eigenvalue weighted by Gasteiger charge is 2.38. The van der Waals surface area contributed by atoms with Crippen molar-refractivity contribution in [3.63, 3.8) is 0 Å². The van der Waals surface area contributed by atoms with Gasteiger partial charge in [0.1, 0.15) is 0 Å². The molecule has 1 aliphatic carbocycles. The zero-order valence-electron chi connectivity index (χ0n) is 11.0. The Morgan fingerprint density at radius 1 is 1.32 bits per heavy atom. The fraction of sp³-hybridized carbons (Fsp3) is 0.533. The highest BCUT2D eigenvalue weighted by atomic mass is 79.9. The van der Waals surface area contributed by atoms with Gasteiger partial charge in [0.2, 0.25) is 0 Å². The fourth-order valence-corrected chi connectivity index (χ4v) is 3.47. The topological polar surface area (TPSA) is 35.5 Å². The third-order valence-corrected chi connectivity index (χ3v) is 4.33. The molecule has 1 aromatic rings. The quantitative estimate of drug-likeness (QED) is 0.616. The molecule has 0 spiro atoms. The summed E-state index contributed by atoms with van der Waals surface area (Å²) in [6.45, 7) is 1.20. The van der Waals surface area contributed by atoms with Crippen LogP contribution in [-0.4, -0.2) is 24.5 Å². The first-order valence-corrected chi connectivity index (χ1v) is 7.46. The van der Waals surface area contributed by atoms with Crippen molar-refractivity contribution < 1.29 is 14.3 Å². The van der Waals surface area contributed by atoms with Crippen molar-refractivity contribution in [1.82, 2.24) is 0 Å². The molecule has 1 fully saturated rings. The molecule has 0 aromatic heterocycles. The van der Waals surface area contributed by atoms with E-state index in [4.69, 9.17) is 9.47 Å². The fourth-order valence-electron chi connectivity index (χ4n) is 2.58. The van der Waals surface area contributed by atoms with Crippen molar-refractivity contribution in [2.75, 3.05) is 13.7 Å². The number of hydrogen-bond acceptors (Lipinski definition) is 3. The van der Waals surface area contributed by atoms with Gasteiger partial charge in [-0.25, -0.2) is 0 Å². The van der Waals surface area contributed by atoms with E-state index in [2.05, 4.69) is 15.9 Å². The van der Waals surface area contributed by atoms with Crippen molar-refractivity contribution in [3.8, 4) is 0 Å². The number of esters is 1. The van der Waals surface area contributed by atoms with Crippen LogP contribution in [0.15, 0.2) is 30.3 Å². The van der Waals surface area contributed by atoms with Gasteiger partial charge in [-0.2, -0.15) is 0 Å². The molecule has 104 valence electrons. The van der Waals surface area contributed by atoms with Gasteiger partial charge in [-0.3, -0.25) is 4.79 Å². The molecule has 2 rings (SSSR count). The highest BCUT2D eigenvalue weighted by molar-refractivity contribution is 9.09. The van der Waals surface area contributed by atoms with Gasteiger partial charge in [-0.1, -0.05) is 46.3 Å². The van der Waals surface area contributed by atoms with Crippen molar-refractivity contribution in [1.29, 1.82) is 0 Å². The second-order valence-corrected chi connectivity index (χ2v) is 6.25. The molecule has 19 heavy (non-hydrogen) atoms. The Labute approximate surface area is 122 Å². The normalized spacial score (nSPS) is 26.3. The van der Waals surface area contributed by atoms with E-state index < -0.39 is 0 Å². The summed E-state index contributed by atoms with van der Waals surface area (Å²) in [7, 11) is 1.45. The number of methoxy groups -OCH3 is 1. The van der Waals surface area contributed by atoms with Gasteiger partial charge >= 0.3 is 5.97 Å². The molecule has 3 atom stereocenters. The van der Waals surface area contributed by atoms with Crippen molar-refractivity contribution in [2.24, 2.45) is 11.8 Å². The van der Waals surface area contributed by atoms with Gasteiger partial charge in [0.25, 0.3) is 0 Å². The Morgan fingerprint density at radius 3 is 2.74 bits per heavy atom. The first-order valence-electron chi connectivity index (χ1n) is 6.54. The van der Waals surface area contributed by atoms with Crippen LogP contribution in [0.4, 0.5) is 0 Å². The molecule has 1 aromatic carbocycles. The summed E-state index contributed by atoms with van der Waals surface area (Å²) in [5, 5.41) is 0. The average Bonchev–Trinajstić information content (AvgIpc) is 2.80. The standard InChI is InChI=1S/C15H19BrO3/c1-18-15(17)14-8-13(16)7-12(14)10-19-9-11-5-3-2-4-6-11/h2-6,12-14H,7-10H2,1H3/t12-,13+,14+/m1/s1. The van der Waals surface area contributed by atoms with E-state index in [1.54, 1.807) is 0 Å². The zero-order valence-corrected chi connectivity index (χ0v) is 12.6. The van der Waals surface area contributed by atoms with E-state index in [1.165, 1.54) is 7.11 Å². The lowest BCUT2D eigenvalue weighted by atomic mass is 9.97. The van der Waals surface area contributed by atoms with E-state index >= 15 is 0 Å². The predicted molar refractivity (Wildman–Crippen MR) is 77.0 cm³/mol. The summed E-state index contributed by atoms with van der Waals surface area (Å²) in [5.74, 6) is 0.0981. The SMILES string of the molecule is COC(=O)[C@H]1C[C@@H](Br)C[C@@H]1COCc1ccccc1. The molecule has 1 aliphatic rings. The highest BCUT2D eigenvalue weighted by Crippen LogP contribution is 2.37. The molecule has 1 saturated carbocycles. The maximum atomic E-state index is 11.7. The largest absolute Gasteiger partial charge is 0.469 e. The lowest BCUT2D eigenvalue weighted by Gasteiger charge is -2.17. The molecular formula is C15H19BrO3. The summed E-state index contributed by atoms with van der Waals surface area (Å²) in [5.41, 5.74) is 1.16. The number of halogens is 1. The predicted octanol–water partition coefficient (Wildman–Crippen LogP) is 3.17. The maximum absolute atomic E-state index is 11.7. The molecular weight excluding hydrogens is 308 g/mol. The zero-order chi connectivity index (χ0) is 13.7. The Balaban J connectivity index is 1.82. The number of rotatable bonds is 5. The number of hydrogen-bond donors (Lipinski definition) is 0. The number of carbonyl (C=O) groups excluding carboxylic acids is 1. The molecule has 0 aliphatic heterocycles. The van der Waals surface area contributed by atoms with Gasteiger partial charge < -0.3 is 9.47 Å². The van der Waals surface area contributed by atoms with Gasteiger partial charge in [0.05, 0.1) is 26.2 Å². The molecule has 0 N–H and O–H groups in total. The van der Waals surface area contributed by atoms with Gasteiger partial charge in [-0.15, -0.1) is 0 Å². The Bertz CT molecular complexity index is 407. The van der Waals surface area contributed by atoms with Crippen LogP contribution in [0.25, 0.3) is 0 Å². The summed E-state index contributed by atoms with van der Waals surface area (Å²) in [6, 6.07) is 10.1. The van der Waals surface area contributed by atoms with Crippen molar-refractivity contribution in [2.45, 2.75) is 24.3 Å². The minimum absolute atomic E-state index is 0.0369. The number of ether oxygens (including phenoxy) is 2. The van der Waals surface area contributed by atoms with Gasteiger partial charge in [0.15, 0.2) is 0 Å². The number of benzene rings is 1. The van der Waals surface area contributed by atoms with E-state index in [0.29, 0.717) is 18.0 Å². The van der Waals surface area contributed by atoms with Crippen molar-refractivity contribution in [3.05, 3.63) is 35.9 Å². The third-order valence-electron chi connectivity index (χ3n) is 3.58. The summed E-state index contributed by atoms with van der Waals surface area (Å²) < 4.78 is 10.6. The molecule has 0 radical (unpaired) electrons. The Kier molecular flexibility index (Phi) is 5.40. The summed E-state index contributed by atoms with van der Waals surface area (Å²) in [6.07, 6.45) is 1.81. The first-order chi connectivity index (χ1) is 9.20. The van der Waals surface area contributed by atoms with Gasteiger partial charge in [0, 0.05) is 4.83 Å². The average molecular weight is 327 g/mol. The van der Waals surface area contributed by atoms with E-state index in [0.717, 1.165) is 18.4 Å². The number of alkyl halides is 1. The van der Waals surface area contributed by atoms with Gasteiger partial charge in [-0.05, 0) is 24.3 Å². The lowest BCUT2D eigenvalue weighted by molar-refractivity contribution is -0.147.